The third-order valence-corrected chi connectivity index (χ3v) is 3.65. The normalized spacial score (nSPS) is 16.5. The van der Waals surface area contributed by atoms with Gasteiger partial charge in [0.1, 0.15) is 0 Å². The van der Waals surface area contributed by atoms with E-state index < -0.39 is 12.0 Å². The molecular weight excluding hydrogens is 278 g/mol. The second-order valence-corrected chi connectivity index (χ2v) is 5.16. The summed E-state index contributed by atoms with van der Waals surface area (Å²) in [5, 5.41) is 18.7. The predicted molar refractivity (Wildman–Crippen MR) is 73.7 cm³/mol. The molecule has 1 fully saturated rings. The molecule has 0 bridgehead atoms. The lowest BCUT2D eigenvalue weighted by atomic mass is 10.00. The Morgan fingerprint density at radius 3 is 2.29 bits per heavy atom. The summed E-state index contributed by atoms with van der Waals surface area (Å²) < 4.78 is 0. The van der Waals surface area contributed by atoms with E-state index >= 15 is 0 Å². The lowest BCUT2D eigenvalue weighted by Crippen LogP contribution is -2.52. The molecule has 1 unspecified atom stereocenters. The van der Waals surface area contributed by atoms with Crippen molar-refractivity contribution in [2.75, 3.05) is 32.7 Å². The topological polar surface area (TPSA) is 101 Å². The summed E-state index contributed by atoms with van der Waals surface area (Å²) in [7, 11) is 0. The number of carbonyl (C=O) groups is 3. The highest BCUT2D eigenvalue weighted by Crippen LogP contribution is 2.15. The molecule has 2 N–H and O–H groups in total. The summed E-state index contributed by atoms with van der Waals surface area (Å²) in [4.78, 5) is 36.7. The molecule has 1 aliphatic heterocycles. The van der Waals surface area contributed by atoms with Gasteiger partial charge in [-0.15, -0.1) is 0 Å². The Labute approximate surface area is 123 Å². The van der Waals surface area contributed by atoms with E-state index in [2.05, 4.69) is 0 Å². The van der Waals surface area contributed by atoms with Crippen molar-refractivity contribution in [3.63, 3.8) is 0 Å². The first-order chi connectivity index (χ1) is 9.99. The van der Waals surface area contributed by atoms with Crippen LogP contribution >= 0.6 is 0 Å². The number of amides is 3. The summed E-state index contributed by atoms with van der Waals surface area (Å²) in [5.74, 6) is -0.578. The van der Waals surface area contributed by atoms with Crippen LogP contribution in [0, 0.1) is 5.92 Å². The number of piperazine rings is 1. The molecule has 1 rings (SSSR count). The highest BCUT2D eigenvalue weighted by Gasteiger charge is 2.29. The van der Waals surface area contributed by atoms with Gasteiger partial charge in [0.2, 0.25) is 12.3 Å². The summed E-state index contributed by atoms with van der Waals surface area (Å²) in [5.41, 5.74) is 0. The summed E-state index contributed by atoms with van der Waals surface area (Å²) in [6, 6.07) is 0. The average molecular weight is 301 g/mol. The molecule has 21 heavy (non-hydrogen) atoms. The predicted octanol–water partition coefficient (Wildman–Crippen LogP) is 0.463. The van der Waals surface area contributed by atoms with Crippen molar-refractivity contribution >= 4 is 18.4 Å². The molecule has 1 saturated heterocycles. The molecule has 0 saturated carbocycles. The van der Waals surface area contributed by atoms with E-state index in [1.165, 1.54) is 4.90 Å². The minimum Gasteiger partial charge on any atom is -0.465 e. The fourth-order valence-electron chi connectivity index (χ4n) is 2.39. The maximum absolute atomic E-state index is 12.4. The largest absolute Gasteiger partial charge is 0.465 e. The monoisotopic (exact) mass is 301 g/mol. The van der Waals surface area contributed by atoms with Gasteiger partial charge in [0.15, 0.2) is 0 Å². The van der Waals surface area contributed by atoms with Crippen LogP contribution in [0.3, 0.4) is 0 Å². The first-order valence-corrected chi connectivity index (χ1v) is 7.17. The molecule has 0 aromatic heterocycles. The molecule has 1 atom stereocenters. The Balaban J connectivity index is 2.59. The van der Waals surface area contributed by atoms with E-state index in [-0.39, 0.29) is 32.0 Å². The van der Waals surface area contributed by atoms with E-state index in [9.17, 15) is 19.6 Å². The molecule has 1 aliphatic rings. The highest BCUT2D eigenvalue weighted by molar-refractivity contribution is 5.79. The zero-order valence-electron chi connectivity index (χ0n) is 12.3. The second-order valence-electron chi connectivity index (χ2n) is 5.16. The summed E-state index contributed by atoms with van der Waals surface area (Å²) >= 11 is 0. The molecule has 8 nitrogen and oxygen atoms in total. The molecule has 0 aliphatic carbocycles. The first kappa shape index (κ1) is 17.2. The standard InChI is InChI=1S/C13H23N3O5/c1-2-3-4-11(9-16(21)10-17)12(18)14-5-7-15(8-6-14)13(19)20/h10-11,21H,2-9H2,1H3,(H,19,20). The van der Waals surface area contributed by atoms with Crippen molar-refractivity contribution in [1.82, 2.24) is 14.9 Å². The fourth-order valence-corrected chi connectivity index (χ4v) is 2.39. The lowest BCUT2D eigenvalue weighted by Gasteiger charge is -2.35. The van der Waals surface area contributed by atoms with Gasteiger partial charge in [-0.3, -0.25) is 14.8 Å². The van der Waals surface area contributed by atoms with Crippen LogP contribution in [0.2, 0.25) is 0 Å². The number of hydroxylamine groups is 2. The van der Waals surface area contributed by atoms with Crippen molar-refractivity contribution in [3.8, 4) is 0 Å². The van der Waals surface area contributed by atoms with Crippen LogP contribution in [0.5, 0.6) is 0 Å². The van der Waals surface area contributed by atoms with Crippen LogP contribution in [0.4, 0.5) is 4.79 Å². The van der Waals surface area contributed by atoms with Gasteiger partial charge in [0.25, 0.3) is 0 Å². The number of unbranched alkanes of at least 4 members (excludes halogenated alkanes) is 1. The number of carbonyl (C=O) groups excluding carboxylic acids is 2. The smallest absolute Gasteiger partial charge is 0.407 e. The second kappa shape index (κ2) is 8.46. The Bertz CT molecular complexity index is 369. The van der Waals surface area contributed by atoms with E-state index in [0.29, 0.717) is 24.6 Å². The first-order valence-electron chi connectivity index (χ1n) is 7.17. The van der Waals surface area contributed by atoms with Gasteiger partial charge in [-0.05, 0) is 6.42 Å². The van der Waals surface area contributed by atoms with Gasteiger partial charge in [-0.25, -0.2) is 9.86 Å². The zero-order valence-corrected chi connectivity index (χ0v) is 12.3. The Kier molecular flexibility index (Phi) is 6.93. The van der Waals surface area contributed by atoms with Gasteiger partial charge >= 0.3 is 6.09 Å². The molecule has 0 spiro atoms. The number of hydrogen-bond acceptors (Lipinski definition) is 4. The lowest BCUT2D eigenvalue weighted by molar-refractivity contribution is -0.157. The quantitative estimate of drug-likeness (QED) is 0.404. The van der Waals surface area contributed by atoms with E-state index in [1.54, 1.807) is 4.90 Å². The molecule has 0 aromatic rings. The minimum atomic E-state index is -0.980. The van der Waals surface area contributed by atoms with Gasteiger partial charge in [0, 0.05) is 26.2 Å². The van der Waals surface area contributed by atoms with Crippen LogP contribution in [-0.2, 0) is 9.59 Å². The van der Waals surface area contributed by atoms with Crippen LogP contribution in [0.1, 0.15) is 26.2 Å². The summed E-state index contributed by atoms with van der Waals surface area (Å²) in [6.45, 7) is 3.25. The van der Waals surface area contributed by atoms with E-state index in [1.807, 2.05) is 6.92 Å². The Hall–Kier alpha value is -1.83. The Morgan fingerprint density at radius 1 is 1.24 bits per heavy atom. The van der Waals surface area contributed by atoms with Crippen molar-refractivity contribution in [2.24, 2.45) is 5.92 Å². The molecular formula is C13H23N3O5. The molecule has 0 radical (unpaired) electrons. The van der Waals surface area contributed by atoms with Crippen molar-refractivity contribution in [3.05, 3.63) is 0 Å². The number of carboxylic acid groups (broad SMARTS) is 1. The van der Waals surface area contributed by atoms with Gasteiger partial charge < -0.3 is 14.9 Å². The van der Waals surface area contributed by atoms with Crippen LogP contribution in [0.15, 0.2) is 0 Å². The SMILES string of the molecule is CCCCC(CN(O)C=O)C(=O)N1CCN(C(=O)O)CC1. The maximum Gasteiger partial charge on any atom is 0.407 e. The minimum absolute atomic E-state index is 0.0263. The van der Waals surface area contributed by atoms with Crippen molar-refractivity contribution in [1.29, 1.82) is 0 Å². The van der Waals surface area contributed by atoms with Crippen LogP contribution < -0.4 is 0 Å². The van der Waals surface area contributed by atoms with Crippen LogP contribution in [0.25, 0.3) is 0 Å². The zero-order chi connectivity index (χ0) is 15.8. The number of rotatable bonds is 7. The average Bonchev–Trinajstić information content (AvgIpc) is 2.50. The van der Waals surface area contributed by atoms with E-state index in [4.69, 9.17) is 5.11 Å². The van der Waals surface area contributed by atoms with Crippen molar-refractivity contribution in [2.45, 2.75) is 26.2 Å². The van der Waals surface area contributed by atoms with E-state index in [0.717, 1.165) is 12.8 Å². The molecule has 120 valence electrons. The van der Waals surface area contributed by atoms with Gasteiger partial charge in [0.05, 0.1) is 12.5 Å². The van der Waals surface area contributed by atoms with Gasteiger partial charge in [-0.2, -0.15) is 0 Å². The molecule has 8 heteroatoms. The van der Waals surface area contributed by atoms with Gasteiger partial charge in [-0.1, -0.05) is 19.8 Å². The molecule has 0 aromatic carbocycles. The number of nitrogens with zero attached hydrogens (tertiary/aromatic N) is 3. The number of hydrogen-bond donors (Lipinski definition) is 2. The van der Waals surface area contributed by atoms with Crippen LogP contribution in [-0.4, -0.2) is 76.3 Å². The van der Waals surface area contributed by atoms with Crippen molar-refractivity contribution < 1.29 is 24.7 Å². The highest BCUT2D eigenvalue weighted by atomic mass is 16.5. The fraction of sp³-hybridized carbons (Fsp3) is 0.769. The maximum atomic E-state index is 12.4. The third-order valence-electron chi connectivity index (χ3n) is 3.65. The summed E-state index contributed by atoms with van der Waals surface area (Å²) in [6.07, 6.45) is 1.65. The third kappa shape index (κ3) is 5.22. The molecule has 1 heterocycles. The molecule has 3 amide bonds. The Morgan fingerprint density at radius 2 is 1.81 bits per heavy atom.